The van der Waals surface area contributed by atoms with Gasteiger partial charge in [-0.1, -0.05) is 29.8 Å². The highest BCUT2D eigenvalue weighted by atomic mass is 15.2. The van der Waals surface area contributed by atoms with Crippen LogP contribution in [0.1, 0.15) is 25.0 Å². The Bertz CT molecular complexity index is 480. The first-order valence-corrected chi connectivity index (χ1v) is 5.47. The third-order valence-corrected chi connectivity index (χ3v) is 3.45. The first-order valence-electron chi connectivity index (χ1n) is 5.47. The van der Waals surface area contributed by atoms with E-state index in [0.717, 1.165) is 13.1 Å². The zero-order valence-electron chi connectivity index (χ0n) is 9.25. The Hall–Kier alpha value is -1.50. The molecule has 1 heteroatoms. The zero-order chi connectivity index (χ0) is 10.4. The van der Waals surface area contributed by atoms with E-state index in [4.69, 9.17) is 0 Å². The standard InChI is InChI=1S/C14H15N/c1-10-7-14-13-6-4-3-5-12(13)9-15(14)8-11(10)2/h3-7H,8-9H2,1-2H3. The fourth-order valence-corrected chi connectivity index (χ4v) is 2.42. The van der Waals surface area contributed by atoms with Gasteiger partial charge in [-0.25, -0.2) is 0 Å². The Morgan fingerprint density at radius 3 is 2.73 bits per heavy atom. The van der Waals surface area contributed by atoms with Crippen molar-refractivity contribution in [2.75, 3.05) is 6.54 Å². The van der Waals surface area contributed by atoms with Gasteiger partial charge in [-0.2, -0.15) is 0 Å². The summed E-state index contributed by atoms with van der Waals surface area (Å²) in [4.78, 5) is 2.47. The molecule has 2 heterocycles. The third-order valence-electron chi connectivity index (χ3n) is 3.45. The molecule has 0 N–H and O–H groups in total. The summed E-state index contributed by atoms with van der Waals surface area (Å²) < 4.78 is 0. The second kappa shape index (κ2) is 2.99. The SMILES string of the molecule is CC1=C(C)CN2Cc3ccccc3C2=C1. The molecule has 0 amide bonds. The van der Waals surface area contributed by atoms with Crippen LogP contribution in [0.5, 0.6) is 0 Å². The average molecular weight is 197 g/mol. The van der Waals surface area contributed by atoms with E-state index in [2.05, 4.69) is 49.1 Å². The Kier molecular flexibility index (Phi) is 1.75. The van der Waals surface area contributed by atoms with Crippen LogP contribution in [0.15, 0.2) is 41.5 Å². The number of hydrogen-bond acceptors (Lipinski definition) is 1. The summed E-state index contributed by atoms with van der Waals surface area (Å²) in [6, 6.07) is 8.73. The van der Waals surface area contributed by atoms with Crippen LogP contribution < -0.4 is 0 Å². The minimum absolute atomic E-state index is 1.08. The number of benzene rings is 1. The smallest absolute Gasteiger partial charge is 0.0451 e. The highest BCUT2D eigenvalue weighted by Gasteiger charge is 2.25. The van der Waals surface area contributed by atoms with Gasteiger partial charge in [0.2, 0.25) is 0 Å². The maximum atomic E-state index is 2.47. The molecule has 0 radical (unpaired) electrons. The zero-order valence-corrected chi connectivity index (χ0v) is 9.25. The van der Waals surface area contributed by atoms with Crippen LogP contribution >= 0.6 is 0 Å². The van der Waals surface area contributed by atoms with E-state index in [1.165, 1.54) is 28.0 Å². The van der Waals surface area contributed by atoms with E-state index >= 15 is 0 Å². The molecule has 0 aliphatic carbocycles. The summed E-state index contributed by atoms with van der Waals surface area (Å²) in [6.07, 6.45) is 2.32. The monoisotopic (exact) mass is 197 g/mol. The number of fused-ring (bicyclic) bond motifs is 3. The minimum Gasteiger partial charge on any atom is -0.363 e. The van der Waals surface area contributed by atoms with Crippen molar-refractivity contribution < 1.29 is 0 Å². The second-order valence-corrected chi connectivity index (χ2v) is 4.51. The third kappa shape index (κ3) is 1.23. The van der Waals surface area contributed by atoms with Crippen molar-refractivity contribution in [1.29, 1.82) is 0 Å². The lowest BCUT2D eigenvalue weighted by molar-refractivity contribution is 0.438. The summed E-state index contributed by atoms with van der Waals surface area (Å²) >= 11 is 0. The van der Waals surface area contributed by atoms with Gasteiger partial charge in [-0.3, -0.25) is 0 Å². The van der Waals surface area contributed by atoms with Crippen LogP contribution in [0.4, 0.5) is 0 Å². The molecule has 3 rings (SSSR count). The van der Waals surface area contributed by atoms with Crippen molar-refractivity contribution in [2.24, 2.45) is 0 Å². The van der Waals surface area contributed by atoms with Crippen molar-refractivity contribution >= 4 is 5.70 Å². The summed E-state index contributed by atoms with van der Waals surface area (Å²) in [5, 5.41) is 0. The molecule has 0 fully saturated rings. The van der Waals surface area contributed by atoms with Crippen LogP contribution in [-0.4, -0.2) is 11.4 Å². The molecule has 0 atom stereocenters. The average Bonchev–Trinajstić information content (AvgIpc) is 2.57. The second-order valence-electron chi connectivity index (χ2n) is 4.51. The van der Waals surface area contributed by atoms with E-state index in [1.807, 2.05) is 0 Å². The van der Waals surface area contributed by atoms with Gasteiger partial charge < -0.3 is 4.90 Å². The maximum absolute atomic E-state index is 2.47. The van der Waals surface area contributed by atoms with Gasteiger partial charge in [0, 0.05) is 24.4 Å². The number of rotatable bonds is 0. The van der Waals surface area contributed by atoms with Crippen LogP contribution in [0.3, 0.4) is 0 Å². The summed E-state index contributed by atoms with van der Waals surface area (Å²) in [6.45, 7) is 6.60. The molecular formula is C14H15N. The van der Waals surface area contributed by atoms with Gasteiger partial charge in [0.1, 0.15) is 0 Å². The fraction of sp³-hybridized carbons (Fsp3) is 0.286. The Balaban J connectivity index is 2.14. The van der Waals surface area contributed by atoms with E-state index < -0.39 is 0 Å². The lowest BCUT2D eigenvalue weighted by Crippen LogP contribution is -2.21. The van der Waals surface area contributed by atoms with Gasteiger partial charge in [0.05, 0.1) is 0 Å². The van der Waals surface area contributed by atoms with Crippen molar-refractivity contribution in [3.05, 3.63) is 52.6 Å². The lowest BCUT2D eigenvalue weighted by Gasteiger charge is -2.26. The Morgan fingerprint density at radius 1 is 1.07 bits per heavy atom. The van der Waals surface area contributed by atoms with Gasteiger partial charge in [0.25, 0.3) is 0 Å². The molecule has 2 aliphatic heterocycles. The molecule has 0 saturated heterocycles. The normalized spacial score (nSPS) is 18.8. The van der Waals surface area contributed by atoms with Gasteiger partial charge in [-0.05, 0) is 31.1 Å². The van der Waals surface area contributed by atoms with Gasteiger partial charge >= 0.3 is 0 Å². The van der Waals surface area contributed by atoms with Crippen LogP contribution in [0, 0.1) is 0 Å². The first-order chi connectivity index (χ1) is 7.25. The van der Waals surface area contributed by atoms with Gasteiger partial charge in [-0.15, -0.1) is 0 Å². The van der Waals surface area contributed by atoms with Crippen LogP contribution in [0.25, 0.3) is 5.70 Å². The molecule has 0 unspecified atom stereocenters. The number of allylic oxidation sites excluding steroid dienone is 2. The lowest BCUT2D eigenvalue weighted by atomic mass is 10.0. The molecule has 0 aromatic heterocycles. The van der Waals surface area contributed by atoms with E-state index in [9.17, 15) is 0 Å². The van der Waals surface area contributed by atoms with Crippen LogP contribution in [-0.2, 0) is 6.54 Å². The minimum atomic E-state index is 1.08. The molecule has 1 aromatic carbocycles. The van der Waals surface area contributed by atoms with Crippen molar-refractivity contribution in [1.82, 2.24) is 4.90 Å². The highest BCUT2D eigenvalue weighted by molar-refractivity contribution is 5.74. The van der Waals surface area contributed by atoms with E-state index in [1.54, 1.807) is 0 Å². The van der Waals surface area contributed by atoms with Crippen molar-refractivity contribution in [2.45, 2.75) is 20.4 Å². The predicted octanol–water partition coefficient (Wildman–Crippen LogP) is 3.19. The summed E-state index contributed by atoms with van der Waals surface area (Å²) in [7, 11) is 0. The molecule has 1 aromatic rings. The molecule has 0 bridgehead atoms. The Labute approximate surface area is 90.7 Å². The van der Waals surface area contributed by atoms with Crippen LogP contribution in [0.2, 0.25) is 0 Å². The molecule has 2 aliphatic rings. The van der Waals surface area contributed by atoms with Gasteiger partial charge in [0.15, 0.2) is 0 Å². The fourth-order valence-electron chi connectivity index (χ4n) is 2.42. The van der Waals surface area contributed by atoms with Crippen molar-refractivity contribution in [3.8, 4) is 0 Å². The molecule has 76 valence electrons. The maximum Gasteiger partial charge on any atom is 0.0451 e. The quantitative estimate of drug-likeness (QED) is 0.617. The molecule has 15 heavy (non-hydrogen) atoms. The largest absolute Gasteiger partial charge is 0.363 e. The van der Waals surface area contributed by atoms with E-state index in [-0.39, 0.29) is 0 Å². The van der Waals surface area contributed by atoms with E-state index in [0.29, 0.717) is 0 Å². The summed E-state index contributed by atoms with van der Waals surface area (Å²) in [5.41, 5.74) is 7.22. The summed E-state index contributed by atoms with van der Waals surface area (Å²) in [5.74, 6) is 0. The molecule has 0 spiro atoms. The highest BCUT2D eigenvalue weighted by Crippen LogP contribution is 2.36. The number of nitrogens with zero attached hydrogens (tertiary/aromatic N) is 1. The topological polar surface area (TPSA) is 3.24 Å². The first kappa shape index (κ1) is 8.78. The number of hydrogen-bond donors (Lipinski definition) is 0. The Morgan fingerprint density at radius 2 is 1.87 bits per heavy atom. The van der Waals surface area contributed by atoms with Crippen molar-refractivity contribution in [3.63, 3.8) is 0 Å². The molecule has 1 nitrogen and oxygen atoms in total. The predicted molar refractivity (Wildman–Crippen MR) is 63.2 cm³/mol. The molecular weight excluding hydrogens is 182 g/mol. The molecule has 0 saturated carbocycles.